The molecule has 0 spiro atoms. The van der Waals surface area contributed by atoms with Crippen molar-refractivity contribution in [3.05, 3.63) is 58.6 Å². The Morgan fingerprint density at radius 3 is 2.52 bits per heavy atom. The van der Waals surface area contributed by atoms with E-state index in [1.165, 1.54) is 12.1 Å². The Balaban J connectivity index is 1.85. The number of alkyl halides is 3. The highest BCUT2D eigenvalue weighted by molar-refractivity contribution is 9.10. The maximum absolute atomic E-state index is 12.5. The predicted molar refractivity (Wildman–Crippen MR) is 79.6 cm³/mol. The van der Waals surface area contributed by atoms with Gasteiger partial charge in [0.25, 0.3) is 0 Å². The summed E-state index contributed by atoms with van der Waals surface area (Å²) in [6, 6.07) is 12.4. The van der Waals surface area contributed by atoms with Gasteiger partial charge in [-0.05, 0) is 46.3 Å². The average molecular weight is 360 g/mol. The molecule has 0 saturated heterocycles. The van der Waals surface area contributed by atoms with E-state index in [-0.39, 0.29) is 12.4 Å². The van der Waals surface area contributed by atoms with Gasteiger partial charge in [0.15, 0.2) is 0 Å². The Morgan fingerprint density at radius 2 is 1.81 bits per heavy atom. The highest BCUT2D eigenvalue weighted by Crippen LogP contribution is 2.31. The second-order valence-corrected chi connectivity index (χ2v) is 5.14. The molecule has 0 heterocycles. The highest BCUT2D eigenvalue weighted by Gasteiger charge is 2.30. The minimum atomic E-state index is -4.35. The molecular weight excluding hydrogens is 347 g/mol. The number of rotatable bonds is 5. The molecule has 0 atom stereocenters. The predicted octanol–water partition coefficient (Wildman–Crippen LogP) is 4.96. The summed E-state index contributed by atoms with van der Waals surface area (Å²) in [6.45, 7) is 0.751. The van der Waals surface area contributed by atoms with Crippen molar-refractivity contribution in [2.45, 2.75) is 6.18 Å². The van der Waals surface area contributed by atoms with Gasteiger partial charge >= 0.3 is 6.18 Å². The van der Waals surface area contributed by atoms with Gasteiger partial charge in [-0.3, -0.25) is 0 Å². The van der Waals surface area contributed by atoms with E-state index in [0.717, 1.165) is 22.3 Å². The van der Waals surface area contributed by atoms with E-state index in [2.05, 4.69) is 21.2 Å². The van der Waals surface area contributed by atoms with Crippen molar-refractivity contribution in [2.24, 2.45) is 0 Å². The van der Waals surface area contributed by atoms with Crippen LogP contribution in [0.15, 0.2) is 53.0 Å². The third-order valence-corrected chi connectivity index (χ3v) is 3.41. The van der Waals surface area contributed by atoms with Crippen LogP contribution in [0.3, 0.4) is 0 Å². The SMILES string of the molecule is FC(F)(F)c1cccc(OCCNc2ccccc2Br)c1. The lowest BCUT2D eigenvalue weighted by atomic mass is 10.2. The molecule has 0 aliphatic carbocycles. The second kappa shape index (κ2) is 6.85. The van der Waals surface area contributed by atoms with Crippen molar-refractivity contribution in [3.8, 4) is 5.75 Å². The molecule has 112 valence electrons. The van der Waals surface area contributed by atoms with Gasteiger partial charge in [0, 0.05) is 16.7 Å². The van der Waals surface area contributed by atoms with Crippen LogP contribution in [0.5, 0.6) is 5.75 Å². The van der Waals surface area contributed by atoms with Gasteiger partial charge in [-0.2, -0.15) is 13.2 Å². The van der Waals surface area contributed by atoms with E-state index < -0.39 is 11.7 Å². The van der Waals surface area contributed by atoms with Gasteiger partial charge in [0.05, 0.1) is 5.56 Å². The summed E-state index contributed by atoms with van der Waals surface area (Å²) in [4.78, 5) is 0. The van der Waals surface area contributed by atoms with Crippen LogP contribution in [0.1, 0.15) is 5.56 Å². The summed E-state index contributed by atoms with van der Waals surface area (Å²) in [5.41, 5.74) is 0.198. The molecular formula is C15H13BrF3NO. The van der Waals surface area contributed by atoms with Gasteiger partial charge in [0.1, 0.15) is 12.4 Å². The molecule has 21 heavy (non-hydrogen) atoms. The zero-order valence-electron chi connectivity index (χ0n) is 11.0. The van der Waals surface area contributed by atoms with Crippen LogP contribution in [0, 0.1) is 0 Å². The molecule has 2 rings (SSSR count). The van der Waals surface area contributed by atoms with E-state index in [9.17, 15) is 13.2 Å². The van der Waals surface area contributed by atoms with Gasteiger partial charge in [-0.15, -0.1) is 0 Å². The molecule has 2 nitrogen and oxygen atoms in total. The molecule has 0 bridgehead atoms. The average Bonchev–Trinajstić information content (AvgIpc) is 2.45. The Bertz CT molecular complexity index is 601. The third-order valence-electron chi connectivity index (χ3n) is 2.72. The number of nitrogens with one attached hydrogen (secondary N) is 1. The van der Waals surface area contributed by atoms with E-state index in [4.69, 9.17) is 4.74 Å². The fraction of sp³-hybridized carbons (Fsp3) is 0.200. The summed E-state index contributed by atoms with van der Waals surface area (Å²) < 4.78 is 43.9. The van der Waals surface area contributed by atoms with Crippen LogP contribution >= 0.6 is 15.9 Å². The molecule has 0 aliphatic rings. The lowest BCUT2D eigenvalue weighted by Crippen LogP contribution is -2.12. The molecule has 0 saturated carbocycles. The maximum atomic E-state index is 12.5. The quantitative estimate of drug-likeness (QED) is 0.761. The Labute approximate surface area is 129 Å². The van der Waals surface area contributed by atoms with Crippen molar-refractivity contribution in [1.82, 2.24) is 0 Å². The van der Waals surface area contributed by atoms with Crippen LogP contribution in [0.4, 0.5) is 18.9 Å². The molecule has 2 aromatic rings. The smallest absolute Gasteiger partial charge is 0.416 e. The van der Waals surface area contributed by atoms with E-state index in [1.54, 1.807) is 0 Å². The van der Waals surface area contributed by atoms with E-state index in [1.807, 2.05) is 24.3 Å². The first kappa shape index (κ1) is 15.7. The molecule has 0 aromatic heterocycles. The first-order valence-corrected chi connectivity index (χ1v) is 7.04. The standard InChI is InChI=1S/C15H13BrF3NO/c16-13-6-1-2-7-14(13)20-8-9-21-12-5-3-4-11(10-12)15(17,18)19/h1-7,10,20H,8-9H2. The van der Waals surface area contributed by atoms with Gasteiger partial charge in [0.2, 0.25) is 0 Å². The topological polar surface area (TPSA) is 21.3 Å². The lowest BCUT2D eigenvalue weighted by molar-refractivity contribution is -0.137. The normalized spacial score (nSPS) is 11.2. The summed E-state index contributed by atoms with van der Waals surface area (Å²) in [7, 11) is 0. The number of halogens is 4. The molecule has 0 unspecified atom stereocenters. The minimum absolute atomic E-state index is 0.207. The van der Waals surface area contributed by atoms with E-state index in [0.29, 0.717) is 6.54 Å². The van der Waals surface area contributed by atoms with Crippen LogP contribution < -0.4 is 10.1 Å². The zero-order valence-corrected chi connectivity index (χ0v) is 12.5. The van der Waals surface area contributed by atoms with Crippen LogP contribution in [-0.4, -0.2) is 13.2 Å². The number of anilines is 1. The highest BCUT2D eigenvalue weighted by atomic mass is 79.9. The zero-order chi connectivity index (χ0) is 15.3. The first-order valence-electron chi connectivity index (χ1n) is 6.25. The fourth-order valence-electron chi connectivity index (χ4n) is 1.72. The van der Waals surface area contributed by atoms with Crippen molar-refractivity contribution in [1.29, 1.82) is 0 Å². The molecule has 0 fully saturated rings. The Kier molecular flexibility index (Phi) is 5.12. The minimum Gasteiger partial charge on any atom is -0.492 e. The number of benzene rings is 2. The van der Waals surface area contributed by atoms with Crippen molar-refractivity contribution in [3.63, 3.8) is 0 Å². The van der Waals surface area contributed by atoms with Crippen molar-refractivity contribution < 1.29 is 17.9 Å². The van der Waals surface area contributed by atoms with E-state index >= 15 is 0 Å². The summed E-state index contributed by atoms with van der Waals surface area (Å²) in [6.07, 6.45) is -4.35. The number of hydrogen-bond acceptors (Lipinski definition) is 2. The Hall–Kier alpha value is -1.69. The summed E-state index contributed by atoms with van der Waals surface area (Å²) >= 11 is 3.40. The summed E-state index contributed by atoms with van der Waals surface area (Å²) in [5.74, 6) is 0.207. The van der Waals surface area contributed by atoms with Crippen LogP contribution in [-0.2, 0) is 6.18 Å². The largest absolute Gasteiger partial charge is 0.492 e. The van der Waals surface area contributed by atoms with Gasteiger partial charge in [-0.25, -0.2) is 0 Å². The monoisotopic (exact) mass is 359 g/mol. The van der Waals surface area contributed by atoms with Crippen molar-refractivity contribution in [2.75, 3.05) is 18.5 Å². The maximum Gasteiger partial charge on any atom is 0.416 e. The van der Waals surface area contributed by atoms with Gasteiger partial charge in [-0.1, -0.05) is 18.2 Å². The number of ether oxygens (including phenoxy) is 1. The fourth-order valence-corrected chi connectivity index (χ4v) is 2.15. The molecule has 0 radical (unpaired) electrons. The number of para-hydroxylation sites is 1. The molecule has 0 aliphatic heterocycles. The van der Waals surface area contributed by atoms with Gasteiger partial charge < -0.3 is 10.1 Å². The second-order valence-electron chi connectivity index (χ2n) is 4.28. The van der Waals surface area contributed by atoms with Crippen LogP contribution in [0.2, 0.25) is 0 Å². The molecule has 2 aromatic carbocycles. The Morgan fingerprint density at radius 1 is 1.05 bits per heavy atom. The first-order chi connectivity index (χ1) is 9.97. The van der Waals surface area contributed by atoms with Crippen molar-refractivity contribution >= 4 is 21.6 Å². The molecule has 0 amide bonds. The lowest BCUT2D eigenvalue weighted by Gasteiger charge is -2.11. The molecule has 6 heteroatoms. The summed E-state index contributed by atoms with van der Waals surface area (Å²) in [5, 5.41) is 3.13. The van der Waals surface area contributed by atoms with Crippen LogP contribution in [0.25, 0.3) is 0 Å². The third kappa shape index (κ3) is 4.67. The number of hydrogen-bond donors (Lipinski definition) is 1. The molecule has 1 N–H and O–H groups in total.